The second-order valence-corrected chi connectivity index (χ2v) is 7.36. The van der Waals surface area contributed by atoms with Crippen LogP contribution in [0.15, 0.2) is 38.8 Å². The van der Waals surface area contributed by atoms with Crippen molar-refractivity contribution in [3.8, 4) is 0 Å². The Kier molecular flexibility index (Phi) is 5.10. The van der Waals surface area contributed by atoms with Gasteiger partial charge in [0.1, 0.15) is 0 Å². The average Bonchev–Trinajstić information content (AvgIpc) is 3.00. The van der Waals surface area contributed by atoms with E-state index >= 15 is 0 Å². The maximum Gasteiger partial charge on any atom is 0.246 e. The average molecular weight is 421 g/mol. The van der Waals surface area contributed by atoms with Gasteiger partial charge in [-0.3, -0.25) is 9.59 Å². The normalized spacial score (nSPS) is 13.8. The zero-order chi connectivity index (χ0) is 18.1. The van der Waals surface area contributed by atoms with Crippen LogP contribution in [0.4, 0.5) is 0 Å². The van der Waals surface area contributed by atoms with Crippen LogP contribution in [0.3, 0.4) is 0 Å². The van der Waals surface area contributed by atoms with Gasteiger partial charge in [-0.1, -0.05) is 41.9 Å². The summed E-state index contributed by atoms with van der Waals surface area (Å²) in [5, 5.41) is 10.3. The zero-order valence-corrected chi connectivity index (χ0v) is 16.5. The zero-order valence-electron chi connectivity index (χ0n) is 14.1. The summed E-state index contributed by atoms with van der Waals surface area (Å²) >= 11 is 4.69. The number of benzene rings is 1. The first kappa shape index (κ1) is 17.9. The lowest BCUT2D eigenvalue weighted by molar-refractivity contribution is -0.119. The summed E-state index contributed by atoms with van der Waals surface area (Å²) in [6, 6.07) is 7.57. The molecule has 0 unspecified atom stereocenters. The van der Waals surface area contributed by atoms with Crippen molar-refractivity contribution in [3.63, 3.8) is 0 Å². The number of carbonyl (C=O) groups excluding carboxylic acids is 2. The van der Waals surface area contributed by atoms with Crippen molar-refractivity contribution in [1.82, 2.24) is 14.9 Å². The molecule has 1 aromatic heterocycles. The molecule has 3 rings (SSSR count). The van der Waals surface area contributed by atoms with Crippen LogP contribution in [0.1, 0.15) is 38.1 Å². The van der Waals surface area contributed by atoms with Gasteiger partial charge < -0.3 is 0 Å². The SMILES string of the molecule is CCC(=O)C1=C(c2ccc(Br)cc2)N(C(=O)CC)n2c(C)nnc2S1. The predicted octanol–water partition coefficient (Wildman–Crippen LogP) is 3.68. The van der Waals surface area contributed by atoms with Gasteiger partial charge in [0.15, 0.2) is 11.6 Å². The molecule has 0 atom stereocenters. The third-order valence-corrected chi connectivity index (χ3v) is 5.41. The number of aryl methyl sites for hydroxylation is 1. The van der Waals surface area contributed by atoms with E-state index in [4.69, 9.17) is 0 Å². The number of aromatic nitrogens is 3. The second-order valence-electron chi connectivity index (χ2n) is 5.46. The van der Waals surface area contributed by atoms with Crippen LogP contribution in [-0.4, -0.2) is 26.6 Å². The standard InChI is InChI=1S/C17H17BrN4O2S/c1-4-13(23)16-15(11-6-8-12(18)9-7-11)22(14(24)5-2)21-10(3)19-20-17(21)25-16/h6-9H,4-5H2,1-3H3. The quantitative estimate of drug-likeness (QED) is 0.754. The van der Waals surface area contributed by atoms with E-state index in [1.165, 1.54) is 16.8 Å². The van der Waals surface area contributed by atoms with Crippen LogP contribution in [-0.2, 0) is 9.59 Å². The van der Waals surface area contributed by atoms with Crippen LogP contribution >= 0.6 is 27.7 Å². The molecule has 0 fully saturated rings. The molecular formula is C17H17BrN4O2S. The second kappa shape index (κ2) is 7.13. The third kappa shape index (κ3) is 3.16. The molecule has 0 spiro atoms. The number of halogens is 1. The van der Waals surface area contributed by atoms with Gasteiger partial charge in [0, 0.05) is 22.9 Å². The van der Waals surface area contributed by atoms with Crippen LogP contribution in [0.5, 0.6) is 0 Å². The van der Waals surface area contributed by atoms with Gasteiger partial charge in [-0.15, -0.1) is 10.2 Å². The monoisotopic (exact) mass is 420 g/mol. The maximum atomic E-state index is 12.8. The van der Waals surface area contributed by atoms with Crippen LogP contribution in [0, 0.1) is 6.92 Å². The summed E-state index contributed by atoms with van der Waals surface area (Å²) in [5.41, 5.74) is 1.39. The third-order valence-electron chi connectivity index (χ3n) is 3.82. The number of ketones is 1. The number of rotatable bonds is 4. The molecule has 8 heteroatoms. The number of Topliss-reactive ketones (excluding diaryl/α,β-unsaturated/α-hetero) is 1. The highest BCUT2D eigenvalue weighted by atomic mass is 79.9. The summed E-state index contributed by atoms with van der Waals surface area (Å²) in [7, 11) is 0. The molecule has 130 valence electrons. The molecule has 2 heterocycles. The molecule has 0 saturated heterocycles. The van der Waals surface area contributed by atoms with Crippen LogP contribution in [0.2, 0.25) is 0 Å². The van der Waals surface area contributed by atoms with E-state index in [0.717, 1.165) is 10.0 Å². The smallest absolute Gasteiger partial charge is 0.246 e. The van der Waals surface area contributed by atoms with Crippen molar-refractivity contribution in [3.05, 3.63) is 45.0 Å². The minimum Gasteiger partial charge on any atom is -0.294 e. The Labute approximate surface area is 158 Å². The lowest BCUT2D eigenvalue weighted by atomic mass is 10.1. The van der Waals surface area contributed by atoms with E-state index in [2.05, 4.69) is 26.1 Å². The number of allylic oxidation sites excluding steroid dienone is 1. The molecule has 1 aliphatic rings. The van der Waals surface area contributed by atoms with Crippen molar-refractivity contribution < 1.29 is 9.59 Å². The molecule has 0 bridgehead atoms. The van der Waals surface area contributed by atoms with E-state index in [9.17, 15) is 9.59 Å². The van der Waals surface area contributed by atoms with Crippen molar-refractivity contribution in [2.45, 2.75) is 38.8 Å². The minimum absolute atomic E-state index is 0.0243. The Bertz CT molecular complexity index is 873. The number of hydrogen-bond donors (Lipinski definition) is 0. The summed E-state index contributed by atoms with van der Waals surface area (Å²) in [6.07, 6.45) is 0.652. The van der Waals surface area contributed by atoms with Gasteiger partial charge >= 0.3 is 0 Å². The van der Waals surface area contributed by atoms with Crippen molar-refractivity contribution in [2.24, 2.45) is 0 Å². The highest BCUT2D eigenvalue weighted by molar-refractivity contribution is 9.10. The molecule has 0 N–H and O–H groups in total. The molecule has 2 aromatic rings. The first-order valence-electron chi connectivity index (χ1n) is 7.94. The lowest BCUT2D eigenvalue weighted by Gasteiger charge is -2.32. The molecule has 0 aliphatic carbocycles. The van der Waals surface area contributed by atoms with E-state index in [0.29, 0.717) is 34.4 Å². The first-order valence-corrected chi connectivity index (χ1v) is 9.55. The van der Waals surface area contributed by atoms with Crippen molar-refractivity contribution >= 4 is 45.1 Å². The fourth-order valence-corrected chi connectivity index (χ4v) is 3.95. The molecule has 1 aromatic carbocycles. The highest BCUT2D eigenvalue weighted by Gasteiger charge is 2.35. The molecule has 0 saturated carbocycles. The largest absolute Gasteiger partial charge is 0.294 e. The molecule has 1 amide bonds. The van der Waals surface area contributed by atoms with Gasteiger partial charge in [-0.25, -0.2) is 9.69 Å². The molecule has 1 aliphatic heterocycles. The van der Waals surface area contributed by atoms with E-state index in [1.54, 1.807) is 18.5 Å². The Balaban J connectivity index is 2.29. The van der Waals surface area contributed by atoms with E-state index < -0.39 is 0 Å². The number of fused-ring (bicyclic) bond motifs is 1. The summed E-state index contributed by atoms with van der Waals surface area (Å²) < 4.78 is 2.61. The topological polar surface area (TPSA) is 68.1 Å². The van der Waals surface area contributed by atoms with E-state index in [1.807, 2.05) is 31.2 Å². The fraction of sp³-hybridized carbons (Fsp3) is 0.294. The molecular weight excluding hydrogens is 404 g/mol. The van der Waals surface area contributed by atoms with Gasteiger partial charge in [-0.05, 0) is 30.8 Å². The Morgan fingerprint density at radius 1 is 1.12 bits per heavy atom. The summed E-state index contributed by atoms with van der Waals surface area (Å²) in [6.45, 7) is 5.40. The highest BCUT2D eigenvalue weighted by Crippen LogP contribution is 2.40. The molecule has 25 heavy (non-hydrogen) atoms. The Morgan fingerprint density at radius 2 is 1.80 bits per heavy atom. The van der Waals surface area contributed by atoms with Crippen molar-refractivity contribution in [2.75, 3.05) is 5.01 Å². The number of thioether (sulfide) groups is 1. The molecule has 6 nitrogen and oxygen atoms in total. The minimum atomic E-state index is -0.122. The molecule has 0 radical (unpaired) electrons. The Morgan fingerprint density at radius 3 is 2.40 bits per heavy atom. The van der Waals surface area contributed by atoms with Gasteiger partial charge in [0.2, 0.25) is 11.1 Å². The van der Waals surface area contributed by atoms with E-state index in [-0.39, 0.29) is 11.7 Å². The van der Waals surface area contributed by atoms with Crippen molar-refractivity contribution in [1.29, 1.82) is 0 Å². The van der Waals surface area contributed by atoms with Gasteiger partial charge in [-0.2, -0.15) is 0 Å². The van der Waals surface area contributed by atoms with Gasteiger partial charge in [0.25, 0.3) is 0 Å². The number of nitrogens with zero attached hydrogens (tertiary/aromatic N) is 4. The maximum absolute atomic E-state index is 12.8. The first-order chi connectivity index (χ1) is 12.0. The number of amides is 1. The van der Waals surface area contributed by atoms with Crippen LogP contribution < -0.4 is 5.01 Å². The number of hydrogen-bond acceptors (Lipinski definition) is 5. The fourth-order valence-electron chi connectivity index (χ4n) is 2.56. The summed E-state index contributed by atoms with van der Waals surface area (Å²) in [4.78, 5) is 25.9. The number of carbonyl (C=O) groups is 2. The lowest BCUT2D eigenvalue weighted by Crippen LogP contribution is -2.42. The predicted molar refractivity (Wildman–Crippen MR) is 100 cm³/mol. The summed E-state index contributed by atoms with van der Waals surface area (Å²) in [5.74, 6) is 0.453. The van der Waals surface area contributed by atoms with Gasteiger partial charge in [0.05, 0.1) is 10.6 Å². The van der Waals surface area contributed by atoms with Crippen LogP contribution in [0.25, 0.3) is 5.70 Å². The Hall–Kier alpha value is -1.93.